The van der Waals surface area contributed by atoms with Gasteiger partial charge in [-0.25, -0.2) is 4.68 Å². The van der Waals surface area contributed by atoms with Crippen molar-refractivity contribution >= 4 is 40.6 Å². The number of ether oxygens (including phenoxy) is 2. The number of alkyl halides is 3. The molecular weight excluding hydrogens is 484 g/mol. The number of amides is 1. The minimum absolute atomic E-state index is 0.0595. The van der Waals surface area contributed by atoms with Crippen LogP contribution in [0.5, 0.6) is 11.5 Å². The minimum Gasteiger partial charge on any atom is -0.454 e. The molecule has 33 heavy (non-hydrogen) atoms. The lowest BCUT2D eigenvalue weighted by molar-refractivity contribution is -0.173. The molecule has 0 radical (unpaired) electrons. The Kier molecular flexibility index (Phi) is 5.29. The average Bonchev–Trinajstić information content (AvgIpc) is 3.41. The summed E-state index contributed by atoms with van der Waals surface area (Å²) in [7, 11) is 0. The molecule has 1 amide bonds. The van der Waals surface area contributed by atoms with Gasteiger partial charge in [0.2, 0.25) is 6.79 Å². The molecule has 0 saturated carbocycles. The van der Waals surface area contributed by atoms with Crippen molar-refractivity contribution in [3.63, 3.8) is 0 Å². The number of carbonyl (C=O) groups is 1. The largest absolute Gasteiger partial charge is 0.454 e. The van der Waals surface area contributed by atoms with Crippen molar-refractivity contribution in [2.24, 2.45) is 0 Å². The predicted octanol–water partition coefficient (Wildman–Crippen LogP) is 5.83. The zero-order valence-corrected chi connectivity index (χ0v) is 18.1. The van der Waals surface area contributed by atoms with Crippen molar-refractivity contribution in [2.45, 2.75) is 24.7 Å². The normalized spacial score (nSPS) is 19.1. The number of anilines is 2. The Morgan fingerprint density at radius 3 is 2.70 bits per heavy atom. The maximum atomic E-state index is 13.9. The van der Waals surface area contributed by atoms with Crippen molar-refractivity contribution < 1.29 is 27.4 Å². The first kappa shape index (κ1) is 21.7. The second-order valence-electron chi connectivity index (χ2n) is 7.54. The van der Waals surface area contributed by atoms with E-state index in [9.17, 15) is 18.0 Å². The number of hydrogen-bond donors (Lipinski definition) is 2. The maximum absolute atomic E-state index is 13.9. The van der Waals surface area contributed by atoms with Crippen LogP contribution in [0.3, 0.4) is 0 Å². The van der Waals surface area contributed by atoms with E-state index in [1.807, 2.05) is 0 Å². The van der Waals surface area contributed by atoms with Gasteiger partial charge in [0.1, 0.15) is 5.82 Å². The summed E-state index contributed by atoms with van der Waals surface area (Å²) in [5.74, 6) is 0.345. The molecule has 3 heterocycles. The molecule has 2 aliphatic rings. The second-order valence-corrected chi connectivity index (χ2v) is 8.38. The van der Waals surface area contributed by atoms with Crippen LogP contribution in [-0.2, 0) is 0 Å². The number of halogens is 5. The van der Waals surface area contributed by atoms with E-state index in [1.54, 1.807) is 24.3 Å². The molecule has 0 saturated heterocycles. The lowest BCUT2D eigenvalue weighted by Gasteiger charge is -2.33. The second kappa shape index (κ2) is 8.03. The lowest BCUT2D eigenvalue weighted by atomic mass is 9.96. The summed E-state index contributed by atoms with van der Waals surface area (Å²) in [6, 6.07) is 8.11. The Balaban J connectivity index is 1.45. The first-order chi connectivity index (χ1) is 15.7. The Hall–Kier alpha value is -3.11. The topological polar surface area (TPSA) is 77.4 Å². The van der Waals surface area contributed by atoms with E-state index in [2.05, 4.69) is 15.7 Å². The number of benzene rings is 2. The fraction of sp³-hybridized carbons (Fsp3) is 0.238. The lowest BCUT2D eigenvalue weighted by Crippen LogP contribution is -2.35. The smallest absolute Gasteiger partial charge is 0.410 e. The van der Waals surface area contributed by atoms with Crippen molar-refractivity contribution in [1.29, 1.82) is 0 Å². The predicted molar refractivity (Wildman–Crippen MR) is 115 cm³/mol. The Labute approximate surface area is 195 Å². The summed E-state index contributed by atoms with van der Waals surface area (Å²) in [6.45, 7) is 0.0595. The van der Waals surface area contributed by atoms with Crippen molar-refractivity contribution in [1.82, 2.24) is 9.78 Å². The first-order valence-electron chi connectivity index (χ1n) is 9.78. The Morgan fingerprint density at radius 2 is 1.91 bits per heavy atom. The molecule has 0 spiro atoms. The SMILES string of the molecule is O=C(Nc1cc(Cl)ccc1Cl)c1cc2n(n1)[C@H](C(F)(F)F)C[C@H](c1ccc3c(c1)OCO3)N2. The van der Waals surface area contributed by atoms with Crippen LogP contribution in [-0.4, -0.2) is 28.7 Å². The third-order valence-corrected chi connectivity index (χ3v) is 5.96. The summed E-state index contributed by atoms with van der Waals surface area (Å²) < 4.78 is 53.1. The number of hydrogen-bond acceptors (Lipinski definition) is 5. The zero-order chi connectivity index (χ0) is 23.3. The molecule has 2 atom stereocenters. The van der Waals surface area contributed by atoms with Gasteiger partial charge >= 0.3 is 6.18 Å². The van der Waals surface area contributed by atoms with Gasteiger partial charge in [-0.2, -0.15) is 18.3 Å². The monoisotopic (exact) mass is 498 g/mol. The van der Waals surface area contributed by atoms with E-state index >= 15 is 0 Å². The van der Waals surface area contributed by atoms with Crippen LogP contribution < -0.4 is 20.1 Å². The van der Waals surface area contributed by atoms with Crippen LogP contribution in [0.15, 0.2) is 42.5 Å². The van der Waals surface area contributed by atoms with Crippen LogP contribution in [0.1, 0.15) is 34.6 Å². The van der Waals surface area contributed by atoms with E-state index in [4.69, 9.17) is 32.7 Å². The highest BCUT2D eigenvalue weighted by Gasteiger charge is 2.47. The Morgan fingerprint density at radius 1 is 1.12 bits per heavy atom. The van der Waals surface area contributed by atoms with Gasteiger partial charge in [0, 0.05) is 17.5 Å². The van der Waals surface area contributed by atoms with E-state index in [0.29, 0.717) is 22.1 Å². The molecule has 5 rings (SSSR count). The van der Waals surface area contributed by atoms with Gasteiger partial charge < -0.3 is 20.1 Å². The highest BCUT2D eigenvalue weighted by Crippen LogP contribution is 2.45. The van der Waals surface area contributed by atoms with Gasteiger partial charge in [0.15, 0.2) is 23.2 Å². The average molecular weight is 499 g/mol. The van der Waals surface area contributed by atoms with Crippen molar-refractivity contribution in [3.8, 4) is 11.5 Å². The number of aromatic nitrogens is 2. The third-order valence-electron chi connectivity index (χ3n) is 5.40. The summed E-state index contributed by atoms with van der Waals surface area (Å²) >= 11 is 12.0. The van der Waals surface area contributed by atoms with E-state index < -0.39 is 24.2 Å². The van der Waals surface area contributed by atoms with E-state index in [0.717, 1.165) is 4.68 Å². The molecule has 0 fully saturated rings. The van der Waals surface area contributed by atoms with Crippen LogP contribution in [0.25, 0.3) is 0 Å². The molecule has 0 aliphatic carbocycles. The number of rotatable bonds is 3. The molecular formula is C21H15Cl2F3N4O3. The molecule has 12 heteroatoms. The fourth-order valence-electron chi connectivity index (χ4n) is 3.81. The summed E-state index contributed by atoms with van der Waals surface area (Å²) in [5.41, 5.74) is 0.616. The summed E-state index contributed by atoms with van der Waals surface area (Å²) in [5, 5.41) is 10.1. The molecule has 0 bridgehead atoms. The van der Waals surface area contributed by atoms with Crippen molar-refractivity contribution in [3.05, 3.63) is 63.8 Å². The molecule has 0 unspecified atom stereocenters. The van der Waals surface area contributed by atoms with Gasteiger partial charge in [-0.1, -0.05) is 29.3 Å². The molecule has 2 aliphatic heterocycles. The minimum atomic E-state index is -4.58. The molecule has 3 aromatic rings. The third kappa shape index (κ3) is 4.16. The standard InChI is InChI=1S/C21H15Cl2F3N4O3/c22-11-2-3-12(23)14(6-11)28-20(31)15-8-19-27-13(7-18(21(24,25)26)30(19)29-15)10-1-4-16-17(5-10)33-9-32-16/h1-6,8,13,18,27H,7,9H2,(H,28,31)/t13-,18+/m1/s1. The van der Waals surface area contributed by atoms with Gasteiger partial charge in [-0.05, 0) is 35.9 Å². The first-order valence-corrected chi connectivity index (χ1v) is 10.5. The number of nitrogens with zero attached hydrogens (tertiary/aromatic N) is 2. The number of nitrogens with one attached hydrogen (secondary N) is 2. The molecule has 2 N–H and O–H groups in total. The maximum Gasteiger partial charge on any atom is 0.410 e. The van der Waals surface area contributed by atoms with Gasteiger partial charge in [-0.15, -0.1) is 0 Å². The number of fused-ring (bicyclic) bond motifs is 2. The van der Waals surface area contributed by atoms with Crippen LogP contribution in [0, 0.1) is 0 Å². The molecule has 1 aromatic heterocycles. The van der Waals surface area contributed by atoms with Crippen LogP contribution in [0.4, 0.5) is 24.7 Å². The van der Waals surface area contributed by atoms with Crippen LogP contribution >= 0.6 is 23.2 Å². The highest BCUT2D eigenvalue weighted by molar-refractivity contribution is 6.35. The van der Waals surface area contributed by atoms with Crippen LogP contribution in [0.2, 0.25) is 10.0 Å². The van der Waals surface area contributed by atoms with Gasteiger partial charge in [0.05, 0.1) is 16.8 Å². The summed E-state index contributed by atoms with van der Waals surface area (Å²) in [4.78, 5) is 12.7. The summed E-state index contributed by atoms with van der Waals surface area (Å²) in [6.07, 6.45) is -4.90. The van der Waals surface area contributed by atoms with E-state index in [1.165, 1.54) is 18.2 Å². The number of carbonyl (C=O) groups excluding carboxylic acids is 1. The van der Waals surface area contributed by atoms with Gasteiger partial charge in [-0.3, -0.25) is 4.79 Å². The molecule has 7 nitrogen and oxygen atoms in total. The van der Waals surface area contributed by atoms with Gasteiger partial charge in [0.25, 0.3) is 5.91 Å². The van der Waals surface area contributed by atoms with E-state index in [-0.39, 0.29) is 35.4 Å². The van der Waals surface area contributed by atoms with Crippen molar-refractivity contribution in [2.75, 3.05) is 17.4 Å². The zero-order valence-electron chi connectivity index (χ0n) is 16.6. The molecule has 172 valence electrons. The molecule has 2 aromatic carbocycles. The fourth-order valence-corrected chi connectivity index (χ4v) is 4.15. The Bertz CT molecular complexity index is 1250. The quantitative estimate of drug-likeness (QED) is 0.474. The highest BCUT2D eigenvalue weighted by atomic mass is 35.5.